The minimum Gasteiger partial charge on any atom is -0.497 e. The summed E-state index contributed by atoms with van der Waals surface area (Å²) < 4.78 is 37.4. The summed E-state index contributed by atoms with van der Waals surface area (Å²) in [6.07, 6.45) is -0.878. The van der Waals surface area contributed by atoms with Gasteiger partial charge in [-0.25, -0.2) is 8.78 Å². The fourth-order valence-electron chi connectivity index (χ4n) is 1.90. The lowest BCUT2D eigenvalue weighted by atomic mass is 10.1. The fraction of sp³-hybridized carbons (Fsp3) is 0.250. The highest BCUT2D eigenvalue weighted by Crippen LogP contribution is 2.27. The molecule has 2 rings (SSSR count). The van der Waals surface area contributed by atoms with Crippen LogP contribution in [-0.2, 0) is 6.61 Å². The molecule has 0 aliphatic carbocycles. The molecule has 0 spiro atoms. The summed E-state index contributed by atoms with van der Waals surface area (Å²) in [7, 11) is 1.46. The second-order valence-corrected chi connectivity index (χ2v) is 4.60. The molecule has 0 bridgehead atoms. The van der Waals surface area contributed by atoms with Crippen molar-refractivity contribution in [1.29, 1.82) is 0 Å². The lowest BCUT2D eigenvalue weighted by molar-refractivity contribution is 0.189. The summed E-state index contributed by atoms with van der Waals surface area (Å²) in [6.45, 7) is 1.48. The third kappa shape index (κ3) is 3.70. The quantitative estimate of drug-likeness (QED) is 0.915. The fourth-order valence-corrected chi connectivity index (χ4v) is 1.90. The van der Waals surface area contributed by atoms with Gasteiger partial charge in [0.25, 0.3) is 0 Å². The molecule has 2 aromatic carbocycles. The first kappa shape index (κ1) is 15.3. The SMILES string of the molecule is COc1ccc(COc2ccc(F)cc2[C@H](C)O)c(F)c1. The maximum atomic E-state index is 13.8. The molecule has 5 heteroatoms. The number of methoxy groups -OCH3 is 1. The first-order valence-corrected chi connectivity index (χ1v) is 6.44. The van der Waals surface area contributed by atoms with Gasteiger partial charge in [0.05, 0.1) is 13.2 Å². The van der Waals surface area contributed by atoms with Crippen LogP contribution in [0.3, 0.4) is 0 Å². The Labute approximate surface area is 121 Å². The number of benzene rings is 2. The van der Waals surface area contributed by atoms with Crippen LogP contribution in [0.5, 0.6) is 11.5 Å². The van der Waals surface area contributed by atoms with Crippen LogP contribution in [0.25, 0.3) is 0 Å². The minimum absolute atomic E-state index is 0.0266. The van der Waals surface area contributed by atoms with Crippen molar-refractivity contribution in [2.45, 2.75) is 19.6 Å². The molecule has 0 saturated heterocycles. The number of halogens is 2. The minimum atomic E-state index is -0.878. The van der Waals surface area contributed by atoms with E-state index in [9.17, 15) is 13.9 Å². The van der Waals surface area contributed by atoms with Crippen molar-refractivity contribution in [2.75, 3.05) is 7.11 Å². The van der Waals surface area contributed by atoms with Gasteiger partial charge in [0.2, 0.25) is 0 Å². The summed E-state index contributed by atoms with van der Waals surface area (Å²) in [5.41, 5.74) is 0.667. The van der Waals surface area contributed by atoms with Crippen LogP contribution in [0.4, 0.5) is 8.78 Å². The maximum absolute atomic E-state index is 13.8. The Balaban J connectivity index is 2.16. The summed E-state index contributed by atoms with van der Waals surface area (Å²) in [6, 6.07) is 8.29. The van der Waals surface area contributed by atoms with Crippen LogP contribution in [0, 0.1) is 11.6 Å². The first-order chi connectivity index (χ1) is 10.0. The predicted octanol–water partition coefficient (Wildman–Crippen LogP) is 3.61. The van der Waals surface area contributed by atoms with Gasteiger partial charge < -0.3 is 14.6 Å². The van der Waals surface area contributed by atoms with Crippen molar-refractivity contribution in [1.82, 2.24) is 0 Å². The van der Waals surface area contributed by atoms with Crippen molar-refractivity contribution < 1.29 is 23.4 Å². The zero-order valence-corrected chi connectivity index (χ0v) is 11.8. The van der Waals surface area contributed by atoms with E-state index < -0.39 is 17.7 Å². The van der Waals surface area contributed by atoms with Gasteiger partial charge in [-0.1, -0.05) is 0 Å². The molecule has 0 amide bonds. The number of hydrogen-bond acceptors (Lipinski definition) is 3. The van der Waals surface area contributed by atoms with Crippen molar-refractivity contribution in [3.63, 3.8) is 0 Å². The monoisotopic (exact) mass is 294 g/mol. The number of aliphatic hydroxyl groups excluding tert-OH is 1. The average Bonchev–Trinajstić information content (AvgIpc) is 2.46. The molecule has 1 atom stereocenters. The molecule has 21 heavy (non-hydrogen) atoms. The number of rotatable bonds is 5. The topological polar surface area (TPSA) is 38.7 Å². The Morgan fingerprint density at radius 1 is 1.14 bits per heavy atom. The van der Waals surface area contributed by atoms with E-state index in [0.29, 0.717) is 22.6 Å². The normalized spacial score (nSPS) is 12.0. The molecule has 0 saturated carbocycles. The van der Waals surface area contributed by atoms with Crippen LogP contribution in [0.2, 0.25) is 0 Å². The Morgan fingerprint density at radius 3 is 2.52 bits per heavy atom. The van der Waals surface area contributed by atoms with Gasteiger partial charge in [-0.2, -0.15) is 0 Å². The van der Waals surface area contributed by atoms with Gasteiger partial charge in [-0.15, -0.1) is 0 Å². The van der Waals surface area contributed by atoms with E-state index in [1.165, 1.54) is 38.3 Å². The highest BCUT2D eigenvalue weighted by molar-refractivity contribution is 5.36. The standard InChI is InChI=1S/C16H16F2O3/c1-10(19)14-7-12(17)4-6-16(14)21-9-11-3-5-13(20-2)8-15(11)18/h3-8,10,19H,9H2,1-2H3/t10-/m0/s1. The molecule has 2 aromatic rings. The van der Waals surface area contributed by atoms with Crippen LogP contribution in [0.1, 0.15) is 24.2 Å². The Hall–Kier alpha value is -2.14. The molecule has 1 N–H and O–H groups in total. The third-order valence-electron chi connectivity index (χ3n) is 3.07. The molecule has 0 heterocycles. The van der Waals surface area contributed by atoms with E-state index in [2.05, 4.69) is 0 Å². The molecule has 3 nitrogen and oxygen atoms in total. The summed E-state index contributed by atoms with van der Waals surface area (Å²) in [5.74, 6) is -0.173. The lowest BCUT2D eigenvalue weighted by Gasteiger charge is -2.14. The zero-order chi connectivity index (χ0) is 15.4. The van der Waals surface area contributed by atoms with Gasteiger partial charge in [-0.05, 0) is 37.3 Å². The zero-order valence-electron chi connectivity index (χ0n) is 11.8. The van der Waals surface area contributed by atoms with E-state index in [1.807, 2.05) is 0 Å². The van der Waals surface area contributed by atoms with Gasteiger partial charge in [0, 0.05) is 17.2 Å². The number of hydrogen-bond donors (Lipinski definition) is 1. The molecular formula is C16H16F2O3. The second kappa shape index (κ2) is 6.54. The van der Waals surface area contributed by atoms with Crippen LogP contribution in [-0.4, -0.2) is 12.2 Å². The smallest absolute Gasteiger partial charge is 0.133 e. The highest BCUT2D eigenvalue weighted by atomic mass is 19.1. The van der Waals surface area contributed by atoms with E-state index in [0.717, 1.165) is 0 Å². The molecule has 0 aliphatic rings. The van der Waals surface area contributed by atoms with E-state index >= 15 is 0 Å². The van der Waals surface area contributed by atoms with Crippen molar-refractivity contribution >= 4 is 0 Å². The average molecular weight is 294 g/mol. The lowest BCUT2D eigenvalue weighted by Crippen LogP contribution is -2.03. The summed E-state index contributed by atoms with van der Waals surface area (Å²) in [5, 5.41) is 9.61. The molecule has 0 radical (unpaired) electrons. The Morgan fingerprint density at radius 2 is 1.90 bits per heavy atom. The van der Waals surface area contributed by atoms with Crippen LogP contribution in [0.15, 0.2) is 36.4 Å². The van der Waals surface area contributed by atoms with Gasteiger partial charge in [0.1, 0.15) is 29.7 Å². The predicted molar refractivity (Wildman–Crippen MR) is 74.3 cm³/mol. The molecule has 0 unspecified atom stereocenters. The number of ether oxygens (including phenoxy) is 2. The summed E-state index contributed by atoms with van der Waals surface area (Å²) >= 11 is 0. The van der Waals surface area contributed by atoms with Crippen LogP contribution >= 0.6 is 0 Å². The van der Waals surface area contributed by atoms with Crippen molar-refractivity contribution in [3.05, 3.63) is 59.2 Å². The van der Waals surface area contributed by atoms with Gasteiger partial charge >= 0.3 is 0 Å². The van der Waals surface area contributed by atoms with E-state index in [4.69, 9.17) is 9.47 Å². The maximum Gasteiger partial charge on any atom is 0.133 e. The number of aliphatic hydroxyl groups is 1. The third-order valence-corrected chi connectivity index (χ3v) is 3.07. The largest absolute Gasteiger partial charge is 0.497 e. The second-order valence-electron chi connectivity index (χ2n) is 4.60. The molecule has 0 fully saturated rings. The molecule has 0 aromatic heterocycles. The van der Waals surface area contributed by atoms with Gasteiger partial charge in [-0.3, -0.25) is 0 Å². The van der Waals surface area contributed by atoms with Gasteiger partial charge in [0.15, 0.2) is 0 Å². The van der Waals surface area contributed by atoms with E-state index in [1.54, 1.807) is 12.1 Å². The first-order valence-electron chi connectivity index (χ1n) is 6.44. The van der Waals surface area contributed by atoms with Crippen molar-refractivity contribution in [3.8, 4) is 11.5 Å². The molecule has 112 valence electrons. The summed E-state index contributed by atoms with van der Waals surface area (Å²) in [4.78, 5) is 0. The molecule has 0 aliphatic heterocycles. The Kier molecular flexibility index (Phi) is 4.75. The Bertz CT molecular complexity index is 627. The van der Waals surface area contributed by atoms with Crippen molar-refractivity contribution in [2.24, 2.45) is 0 Å². The highest BCUT2D eigenvalue weighted by Gasteiger charge is 2.12. The molecular weight excluding hydrogens is 278 g/mol. The van der Waals surface area contributed by atoms with Crippen LogP contribution < -0.4 is 9.47 Å². The van der Waals surface area contributed by atoms with E-state index in [-0.39, 0.29) is 6.61 Å².